The highest BCUT2D eigenvalue weighted by molar-refractivity contribution is 5.90. The summed E-state index contributed by atoms with van der Waals surface area (Å²) in [6.07, 6.45) is 30.3. The summed E-state index contributed by atoms with van der Waals surface area (Å²) in [6.45, 7) is 7.05. The Morgan fingerprint density at radius 3 is 1.32 bits per heavy atom. The van der Waals surface area contributed by atoms with Crippen LogP contribution in [0.25, 0.3) is 0 Å². The highest BCUT2D eigenvalue weighted by Crippen LogP contribution is 2.15. The molecule has 0 aromatic heterocycles. The lowest BCUT2D eigenvalue weighted by molar-refractivity contribution is -0.140. The van der Waals surface area contributed by atoms with Crippen LogP contribution < -0.4 is 0 Å². The van der Waals surface area contributed by atoms with Gasteiger partial charge in [0.1, 0.15) is 12.7 Å². The Labute approximate surface area is 234 Å². The van der Waals surface area contributed by atoms with E-state index >= 15 is 0 Å². The molecular weight excluding hydrogens is 476 g/mol. The average Bonchev–Trinajstić information content (AvgIpc) is 3.75. The largest absolute Gasteiger partial charge is 0.462 e. The summed E-state index contributed by atoms with van der Waals surface area (Å²) in [5.74, 6) is -0.714. The van der Waals surface area contributed by atoms with Crippen molar-refractivity contribution in [2.24, 2.45) is 0 Å². The molecule has 0 amide bonds. The summed E-state index contributed by atoms with van der Waals surface area (Å²) in [5, 5.41) is 0. The predicted octanol–water partition coefficient (Wildman–Crippen LogP) is 9.19. The fourth-order valence-corrected chi connectivity index (χ4v) is 4.47. The summed E-state index contributed by atoms with van der Waals surface area (Å²) >= 11 is 0. The van der Waals surface area contributed by atoms with Crippen molar-refractivity contribution in [1.29, 1.82) is 0 Å². The number of esters is 2. The third-order valence-corrected chi connectivity index (χ3v) is 7.26. The molecule has 0 aromatic carbocycles. The van der Waals surface area contributed by atoms with Gasteiger partial charge in [-0.3, -0.25) is 0 Å². The van der Waals surface area contributed by atoms with Crippen LogP contribution in [0.1, 0.15) is 149 Å². The molecule has 1 heterocycles. The highest BCUT2D eigenvalue weighted by atomic mass is 16.6. The average molecular weight is 535 g/mol. The molecule has 5 heteroatoms. The number of hydrogen-bond acceptors (Lipinski definition) is 5. The molecule has 220 valence electrons. The quantitative estimate of drug-likeness (QED) is 0.0364. The number of carbonyl (C=O) groups is 2. The van der Waals surface area contributed by atoms with Crippen LogP contribution in [-0.2, 0) is 23.8 Å². The van der Waals surface area contributed by atoms with E-state index in [0.29, 0.717) is 24.4 Å². The lowest BCUT2D eigenvalue weighted by Crippen LogP contribution is -2.10. The Balaban J connectivity index is 1.84. The number of ether oxygens (including phenoxy) is 3. The van der Waals surface area contributed by atoms with Gasteiger partial charge in [0.2, 0.25) is 0 Å². The van der Waals surface area contributed by atoms with E-state index in [2.05, 4.69) is 6.92 Å². The van der Waals surface area contributed by atoms with E-state index in [1.54, 1.807) is 26.0 Å². The Hall–Kier alpha value is -1.62. The molecule has 5 nitrogen and oxygen atoms in total. The van der Waals surface area contributed by atoms with Gasteiger partial charge in [0, 0.05) is 11.1 Å². The molecule has 1 aliphatic rings. The maximum absolute atomic E-state index is 12.1. The van der Waals surface area contributed by atoms with Crippen LogP contribution in [0.4, 0.5) is 0 Å². The van der Waals surface area contributed by atoms with Crippen molar-refractivity contribution in [3.05, 3.63) is 23.3 Å². The second-order valence-electron chi connectivity index (χ2n) is 11.1. The first-order chi connectivity index (χ1) is 18.5. The molecule has 1 saturated heterocycles. The van der Waals surface area contributed by atoms with Gasteiger partial charge in [-0.25, -0.2) is 9.59 Å². The minimum absolute atomic E-state index is 0.0490. The number of hydrogen-bond donors (Lipinski definition) is 0. The molecule has 1 fully saturated rings. The molecule has 0 radical (unpaired) electrons. The van der Waals surface area contributed by atoms with Gasteiger partial charge in [-0.1, -0.05) is 141 Å². The second-order valence-corrected chi connectivity index (χ2v) is 11.1. The van der Waals surface area contributed by atoms with Crippen molar-refractivity contribution in [3.63, 3.8) is 0 Å². The van der Waals surface area contributed by atoms with E-state index in [-0.39, 0.29) is 24.6 Å². The molecule has 0 bridgehead atoms. The van der Waals surface area contributed by atoms with Crippen molar-refractivity contribution >= 4 is 11.9 Å². The molecule has 1 atom stereocenters. The molecule has 0 saturated carbocycles. The minimum atomic E-state index is -0.387. The van der Waals surface area contributed by atoms with E-state index in [9.17, 15) is 9.59 Å². The van der Waals surface area contributed by atoms with Gasteiger partial charge >= 0.3 is 11.9 Å². The zero-order chi connectivity index (χ0) is 27.7. The first-order valence-electron chi connectivity index (χ1n) is 15.9. The minimum Gasteiger partial charge on any atom is -0.462 e. The maximum Gasteiger partial charge on any atom is 0.333 e. The Bertz CT molecular complexity index is 662. The molecule has 0 aromatic rings. The van der Waals surface area contributed by atoms with Crippen LogP contribution in [-0.4, -0.2) is 37.9 Å². The Kier molecular flexibility index (Phi) is 22.1. The predicted molar refractivity (Wildman–Crippen MR) is 157 cm³/mol. The van der Waals surface area contributed by atoms with Crippen molar-refractivity contribution in [2.45, 2.75) is 155 Å². The maximum atomic E-state index is 12.1. The summed E-state index contributed by atoms with van der Waals surface area (Å²) in [6, 6.07) is 0. The molecule has 0 aliphatic carbocycles. The van der Waals surface area contributed by atoms with Crippen LogP contribution in [0.3, 0.4) is 0 Å². The van der Waals surface area contributed by atoms with Crippen molar-refractivity contribution in [3.8, 4) is 0 Å². The van der Waals surface area contributed by atoms with Gasteiger partial charge in [-0.15, -0.1) is 0 Å². The van der Waals surface area contributed by atoms with Crippen molar-refractivity contribution < 1.29 is 23.8 Å². The fourth-order valence-electron chi connectivity index (χ4n) is 4.47. The van der Waals surface area contributed by atoms with Crippen molar-refractivity contribution in [2.75, 3.05) is 19.8 Å². The van der Waals surface area contributed by atoms with Crippen LogP contribution in [0.5, 0.6) is 0 Å². The number of epoxide rings is 1. The normalized spacial score (nSPS) is 15.5. The van der Waals surface area contributed by atoms with Crippen LogP contribution in [0, 0.1) is 0 Å². The smallest absolute Gasteiger partial charge is 0.333 e. The molecule has 1 aliphatic heterocycles. The molecule has 1 rings (SSSR count). The number of allylic oxidation sites excluding steroid dienone is 2. The number of unbranched alkanes of at least 4 members (excludes halogenated alkanes) is 19. The summed E-state index contributed by atoms with van der Waals surface area (Å²) in [7, 11) is 0. The lowest BCUT2D eigenvalue weighted by Gasteiger charge is -2.06. The van der Waals surface area contributed by atoms with Crippen LogP contribution in [0.2, 0.25) is 0 Å². The Morgan fingerprint density at radius 2 is 0.947 bits per heavy atom. The van der Waals surface area contributed by atoms with Gasteiger partial charge in [-0.05, 0) is 20.3 Å². The third-order valence-electron chi connectivity index (χ3n) is 7.26. The molecular formula is C33H58O5. The summed E-state index contributed by atoms with van der Waals surface area (Å²) < 4.78 is 15.5. The monoisotopic (exact) mass is 534 g/mol. The van der Waals surface area contributed by atoms with E-state index in [4.69, 9.17) is 14.2 Å². The standard InChI is InChI=1S/C33H58O5/c1-4-5-6-7-8-9-10-11-12-13-14-15-16-17-18-19-20-21-22-23-26-36-32(34)29(2)24-25-30(3)33(35)38-28-31-27-37-31/h24-25,31H,4-23,26-28H2,1-3H3/b29-24+,30-25+. The first kappa shape index (κ1) is 34.4. The molecule has 1 unspecified atom stereocenters. The SMILES string of the molecule is CCCCCCCCCCCCCCCCCCCCCCOC(=O)/C(C)=C/C=C(\C)C(=O)OCC1CO1. The number of carbonyl (C=O) groups excluding carboxylic acids is 2. The van der Waals surface area contributed by atoms with E-state index in [1.807, 2.05) is 0 Å². The van der Waals surface area contributed by atoms with E-state index in [0.717, 1.165) is 12.8 Å². The molecule has 38 heavy (non-hydrogen) atoms. The zero-order valence-corrected chi connectivity index (χ0v) is 25.0. The fraction of sp³-hybridized carbons (Fsp3) is 0.818. The summed E-state index contributed by atoms with van der Waals surface area (Å²) in [4.78, 5) is 23.9. The van der Waals surface area contributed by atoms with E-state index < -0.39 is 0 Å². The zero-order valence-electron chi connectivity index (χ0n) is 25.0. The van der Waals surface area contributed by atoms with Crippen LogP contribution >= 0.6 is 0 Å². The van der Waals surface area contributed by atoms with Gasteiger partial charge in [0.25, 0.3) is 0 Å². The van der Waals surface area contributed by atoms with Crippen LogP contribution in [0.15, 0.2) is 23.3 Å². The van der Waals surface area contributed by atoms with Gasteiger partial charge in [0.05, 0.1) is 13.2 Å². The lowest BCUT2D eigenvalue weighted by atomic mass is 10.0. The topological polar surface area (TPSA) is 65.1 Å². The van der Waals surface area contributed by atoms with E-state index in [1.165, 1.54) is 116 Å². The number of rotatable bonds is 26. The molecule has 0 spiro atoms. The highest BCUT2D eigenvalue weighted by Gasteiger charge is 2.24. The second kappa shape index (κ2) is 24.4. The summed E-state index contributed by atoms with van der Waals surface area (Å²) in [5.41, 5.74) is 0.933. The van der Waals surface area contributed by atoms with Gasteiger partial charge in [-0.2, -0.15) is 0 Å². The molecule has 0 N–H and O–H groups in total. The first-order valence-corrected chi connectivity index (χ1v) is 15.9. The Morgan fingerprint density at radius 1 is 0.605 bits per heavy atom. The third kappa shape index (κ3) is 21.3. The van der Waals surface area contributed by atoms with Crippen molar-refractivity contribution in [1.82, 2.24) is 0 Å². The van der Waals surface area contributed by atoms with Gasteiger partial charge < -0.3 is 14.2 Å². The van der Waals surface area contributed by atoms with Gasteiger partial charge in [0.15, 0.2) is 0 Å².